The van der Waals surface area contributed by atoms with E-state index in [0.29, 0.717) is 12.5 Å². The van der Waals surface area contributed by atoms with Crippen LogP contribution in [0.15, 0.2) is 12.0 Å². The zero-order valence-corrected chi connectivity index (χ0v) is 18.6. The van der Waals surface area contributed by atoms with E-state index in [4.69, 9.17) is 25.0 Å². The summed E-state index contributed by atoms with van der Waals surface area (Å²) in [6.07, 6.45) is 18.7. The van der Waals surface area contributed by atoms with Gasteiger partial charge in [0.05, 0.1) is 6.08 Å². The summed E-state index contributed by atoms with van der Waals surface area (Å²) < 4.78 is 8.25. The van der Waals surface area contributed by atoms with Crippen molar-refractivity contribution in [1.29, 1.82) is 0 Å². The van der Waals surface area contributed by atoms with Crippen molar-refractivity contribution in [1.82, 2.24) is 0 Å². The van der Waals surface area contributed by atoms with Crippen molar-refractivity contribution in [3.05, 3.63) is 12.0 Å². The second kappa shape index (κ2) is 20.2. The molecule has 0 fully saturated rings. The molecule has 0 aliphatic carbocycles. The van der Waals surface area contributed by atoms with Crippen LogP contribution in [0.1, 0.15) is 103 Å². The number of unbranched alkanes of at least 4 members (excludes halogenated alkanes) is 13. The van der Waals surface area contributed by atoms with E-state index in [-0.39, 0.29) is 0 Å². The summed E-state index contributed by atoms with van der Waals surface area (Å²) >= 11 is 0.750. The molecule has 0 aromatic heterocycles. The van der Waals surface area contributed by atoms with Crippen LogP contribution in [0.3, 0.4) is 0 Å². The fraction of sp³-hybridized carbons (Fsp3) is 0.850. The summed E-state index contributed by atoms with van der Waals surface area (Å²) in [5.41, 5.74) is 9.93. The van der Waals surface area contributed by atoms with E-state index in [1.165, 1.54) is 70.6 Å². The SMILES string of the molecule is CCCCCCCCCCCCCCCCC(N)(N)C(=O)C=C(O)O.[O]=[Ti]. The normalized spacial score (nSPS) is 10.7. The second-order valence-electron chi connectivity index (χ2n) is 7.25. The van der Waals surface area contributed by atoms with Crippen LogP contribution < -0.4 is 11.5 Å². The molecule has 0 aromatic carbocycles. The van der Waals surface area contributed by atoms with Crippen LogP contribution in [0.5, 0.6) is 0 Å². The molecule has 0 saturated heterocycles. The van der Waals surface area contributed by atoms with Crippen molar-refractivity contribution in [3.63, 3.8) is 0 Å². The Bertz CT molecular complexity index is 386. The van der Waals surface area contributed by atoms with E-state index in [0.717, 1.165) is 39.7 Å². The van der Waals surface area contributed by atoms with Gasteiger partial charge in [0.1, 0.15) is 5.66 Å². The Hall–Kier alpha value is -0.556. The molecule has 0 rings (SSSR count). The van der Waals surface area contributed by atoms with Gasteiger partial charge in [0, 0.05) is 0 Å². The molecule has 0 spiro atoms. The van der Waals surface area contributed by atoms with Crippen LogP contribution in [0, 0.1) is 0 Å². The summed E-state index contributed by atoms with van der Waals surface area (Å²) in [5.74, 6) is -1.70. The van der Waals surface area contributed by atoms with Gasteiger partial charge in [-0.1, -0.05) is 90.4 Å². The molecule has 0 saturated carbocycles. The van der Waals surface area contributed by atoms with Crippen LogP contribution in [0.25, 0.3) is 0 Å². The maximum absolute atomic E-state index is 11.6. The first-order chi connectivity index (χ1) is 12.9. The van der Waals surface area contributed by atoms with E-state index >= 15 is 0 Å². The third-order valence-corrected chi connectivity index (χ3v) is 4.66. The maximum atomic E-state index is 11.6. The van der Waals surface area contributed by atoms with Gasteiger partial charge in [-0.3, -0.25) is 4.79 Å². The van der Waals surface area contributed by atoms with Gasteiger partial charge in [0.15, 0.2) is 5.78 Å². The summed E-state index contributed by atoms with van der Waals surface area (Å²) in [4.78, 5) is 11.6. The number of hydrogen-bond donors (Lipinski definition) is 4. The summed E-state index contributed by atoms with van der Waals surface area (Å²) in [6.45, 7) is 2.25. The first-order valence-electron chi connectivity index (χ1n) is 10.3. The Morgan fingerprint density at radius 2 is 1.11 bits per heavy atom. The second-order valence-corrected chi connectivity index (χ2v) is 7.25. The number of hydrogen-bond acceptors (Lipinski definition) is 6. The van der Waals surface area contributed by atoms with Gasteiger partial charge in [0.25, 0.3) is 5.95 Å². The third kappa shape index (κ3) is 20.0. The van der Waals surface area contributed by atoms with Gasteiger partial charge in [-0.15, -0.1) is 0 Å². The Morgan fingerprint density at radius 3 is 1.44 bits per heavy atom. The quantitative estimate of drug-likeness (QED) is 0.0874. The van der Waals surface area contributed by atoms with E-state index < -0.39 is 17.4 Å². The summed E-state index contributed by atoms with van der Waals surface area (Å²) in [5, 5.41) is 17.3. The van der Waals surface area contributed by atoms with Crippen molar-refractivity contribution in [3.8, 4) is 0 Å². The van der Waals surface area contributed by atoms with Crippen LogP contribution in [0.4, 0.5) is 0 Å². The Labute approximate surface area is 176 Å². The topological polar surface area (TPSA) is 127 Å². The number of nitrogens with two attached hydrogens (primary N) is 2. The monoisotopic (exact) mass is 420 g/mol. The van der Waals surface area contributed by atoms with Gasteiger partial charge in [-0.25, -0.2) is 0 Å². The Balaban J connectivity index is 0. The molecule has 0 aliphatic heterocycles. The van der Waals surface area contributed by atoms with Gasteiger partial charge >= 0.3 is 23.7 Å². The standard InChI is InChI=1S/C20H40N2O3.O.Ti/c1-2-3-4-5-6-7-8-9-10-11-12-13-14-15-16-20(21,22)18(23)17-19(24)25;;/h17,24-25H,2-16,21-22H2,1H3;;. The number of carbonyl (C=O) groups excluding carboxylic acids is 1. The van der Waals surface area contributed by atoms with Gasteiger partial charge < -0.3 is 21.7 Å². The first-order valence-corrected chi connectivity index (χ1v) is 11.0. The first kappa shape index (κ1) is 28.7. The minimum atomic E-state index is -1.51. The molecule has 6 N–H and O–H groups in total. The predicted molar refractivity (Wildman–Crippen MR) is 105 cm³/mol. The van der Waals surface area contributed by atoms with Gasteiger partial charge in [-0.05, 0) is 12.8 Å². The number of aliphatic hydroxyl groups is 2. The zero-order valence-electron chi connectivity index (χ0n) is 17.0. The van der Waals surface area contributed by atoms with Crippen molar-refractivity contribution in [2.45, 2.75) is 109 Å². The van der Waals surface area contributed by atoms with Crippen LogP contribution in [-0.4, -0.2) is 21.7 Å². The molecule has 6 nitrogen and oxygen atoms in total. The summed E-state index contributed by atoms with van der Waals surface area (Å²) in [7, 11) is 0. The molecule has 7 heteroatoms. The molecular formula is C20H40N2O4Ti. The molecule has 0 heterocycles. The average Bonchev–Trinajstić information content (AvgIpc) is 2.63. The average molecular weight is 420 g/mol. The molecule has 0 aliphatic rings. The molecule has 0 radical (unpaired) electrons. The Morgan fingerprint density at radius 1 is 0.778 bits per heavy atom. The molecule has 0 atom stereocenters. The number of rotatable bonds is 17. The van der Waals surface area contributed by atoms with Crippen molar-refractivity contribution in [2.24, 2.45) is 11.5 Å². The van der Waals surface area contributed by atoms with Crippen molar-refractivity contribution >= 4 is 5.78 Å². The fourth-order valence-electron chi connectivity index (χ4n) is 2.99. The number of ketones is 1. The third-order valence-electron chi connectivity index (χ3n) is 4.66. The molecule has 158 valence electrons. The van der Waals surface area contributed by atoms with Gasteiger partial charge in [0.2, 0.25) is 0 Å². The van der Waals surface area contributed by atoms with Crippen LogP contribution in [-0.2, 0) is 28.5 Å². The van der Waals surface area contributed by atoms with Crippen LogP contribution in [0.2, 0.25) is 0 Å². The van der Waals surface area contributed by atoms with Crippen LogP contribution >= 0.6 is 0 Å². The van der Waals surface area contributed by atoms with Gasteiger partial charge in [-0.2, -0.15) is 0 Å². The molecule has 0 amide bonds. The molecule has 0 unspecified atom stereocenters. The molecule has 27 heavy (non-hydrogen) atoms. The molecule has 0 bridgehead atoms. The van der Waals surface area contributed by atoms with E-state index in [2.05, 4.69) is 6.92 Å². The van der Waals surface area contributed by atoms with Crippen molar-refractivity contribution in [2.75, 3.05) is 0 Å². The minimum absolute atomic E-state index is 0.355. The number of carbonyl (C=O) groups is 1. The molecular weight excluding hydrogens is 380 g/mol. The zero-order chi connectivity index (χ0) is 21.0. The van der Waals surface area contributed by atoms with E-state index in [1.807, 2.05) is 0 Å². The van der Waals surface area contributed by atoms with Crippen molar-refractivity contribution < 1.29 is 38.7 Å². The summed E-state index contributed by atoms with van der Waals surface area (Å²) in [6, 6.07) is 0. The predicted octanol–water partition coefficient (Wildman–Crippen LogP) is 4.88. The van der Waals surface area contributed by atoms with E-state index in [1.54, 1.807) is 0 Å². The number of aliphatic hydroxyl groups excluding tert-OH is 1. The molecule has 0 aromatic rings. The van der Waals surface area contributed by atoms with E-state index in [9.17, 15) is 4.79 Å². The fourth-order valence-corrected chi connectivity index (χ4v) is 2.99. The Kier molecular flexibility index (Phi) is 21.4.